The minimum absolute atomic E-state index is 0.0455. The van der Waals surface area contributed by atoms with Gasteiger partial charge in [-0.3, -0.25) is 19.6 Å². The van der Waals surface area contributed by atoms with Gasteiger partial charge in [0.2, 0.25) is 5.91 Å². The predicted octanol–water partition coefficient (Wildman–Crippen LogP) is 2.18. The van der Waals surface area contributed by atoms with Gasteiger partial charge in [-0.05, 0) is 18.9 Å². The molecular weight excluding hydrogens is 310 g/mol. The number of nitrogens with zero attached hydrogens (tertiary/aromatic N) is 4. The molecule has 0 spiro atoms. The molecule has 1 amide bonds. The lowest BCUT2D eigenvalue weighted by Crippen LogP contribution is -2.38. The molecular formula is C16H19N5O3. The Morgan fingerprint density at radius 1 is 1.29 bits per heavy atom. The lowest BCUT2D eigenvalue weighted by molar-refractivity contribution is -0.384. The number of hydrogen-bond acceptors (Lipinski definition) is 5. The number of para-hydroxylation sites is 2. The predicted molar refractivity (Wildman–Crippen MR) is 89.9 cm³/mol. The number of rotatable bonds is 4. The van der Waals surface area contributed by atoms with Gasteiger partial charge in [-0.15, -0.1) is 0 Å². The molecule has 1 saturated heterocycles. The van der Waals surface area contributed by atoms with E-state index in [1.54, 1.807) is 42.2 Å². The molecule has 0 radical (unpaired) electrons. The highest BCUT2D eigenvalue weighted by atomic mass is 16.6. The van der Waals surface area contributed by atoms with Crippen molar-refractivity contribution >= 4 is 23.1 Å². The van der Waals surface area contributed by atoms with Crippen molar-refractivity contribution in [1.82, 2.24) is 9.78 Å². The molecule has 8 heteroatoms. The average molecular weight is 329 g/mol. The van der Waals surface area contributed by atoms with Gasteiger partial charge in [-0.2, -0.15) is 5.10 Å². The molecule has 8 nitrogen and oxygen atoms in total. The van der Waals surface area contributed by atoms with Crippen LogP contribution in [0.15, 0.2) is 36.5 Å². The fraction of sp³-hybridized carbons (Fsp3) is 0.375. The van der Waals surface area contributed by atoms with E-state index >= 15 is 0 Å². The fourth-order valence-corrected chi connectivity index (χ4v) is 2.98. The van der Waals surface area contributed by atoms with Gasteiger partial charge >= 0.3 is 0 Å². The number of anilines is 2. The summed E-state index contributed by atoms with van der Waals surface area (Å²) in [4.78, 5) is 25.1. The lowest BCUT2D eigenvalue weighted by atomic mass is 9.95. The first-order chi connectivity index (χ1) is 11.5. The maximum absolute atomic E-state index is 12.3. The van der Waals surface area contributed by atoms with E-state index in [0.29, 0.717) is 37.4 Å². The zero-order chi connectivity index (χ0) is 17.1. The summed E-state index contributed by atoms with van der Waals surface area (Å²) in [7, 11) is 1.79. The fourth-order valence-electron chi connectivity index (χ4n) is 2.98. The number of piperidine rings is 1. The van der Waals surface area contributed by atoms with Crippen molar-refractivity contribution in [2.24, 2.45) is 13.0 Å². The van der Waals surface area contributed by atoms with E-state index in [2.05, 4.69) is 10.4 Å². The molecule has 1 aromatic carbocycles. The molecule has 2 heterocycles. The molecule has 1 aliphatic heterocycles. The summed E-state index contributed by atoms with van der Waals surface area (Å²) in [5, 5.41) is 18.1. The van der Waals surface area contributed by atoms with Crippen LogP contribution in [0.5, 0.6) is 0 Å². The quantitative estimate of drug-likeness (QED) is 0.685. The van der Waals surface area contributed by atoms with Gasteiger partial charge in [0, 0.05) is 44.4 Å². The largest absolute Gasteiger partial charge is 0.366 e. The van der Waals surface area contributed by atoms with Gasteiger partial charge in [0.05, 0.1) is 4.92 Å². The number of carbonyl (C=O) groups excluding carboxylic acids is 1. The molecule has 2 aromatic rings. The first-order valence-corrected chi connectivity index (χ1v) is 7.83. The highest BCUT2D eigenvalue weighted by molar-refractivity contribution is 5.91. The highest BCUT2D eigenvalue weighted by Crippen LogP contribution is 2.31. The van der Waals surface area contributed by atoms with Crippen molar-refractivity contribution in [3.05, 3.63) is 46.6 Å². The second-order valence-corrected chi connectivity index (χ2v) is 5.87. The Bertz CT molecular complexity index is 750. The van der Waals surface area contributed by atoms with Crippen LogP contribution in [-0.2, 0) is 11.8 Å². The normalized spacial score (nSPS) is 15.3. The van der Waals surface area contributed by atoms with Crippen LogP contribution >= 0.6 is 0 Å². The summed E-state index contributed by atoms with van der Waals surface area (Å²) < 4.78 is 1.63. The zero-order valence-electron chi connectivity index (χ0n) is 13.4. The zero-order valence-corrected chi connectivity index (χ0v) is 13.4. The second-order valence-electron chi connectivity index (χ2n) is 5.87. The summed E-state index contributed by atoms with van der Waals surface area (Å²) in [5.41, 5.74) is 0.722. The molecule has 1 fully saturated rings. The Morgan fingerprint density at radius 2 is 2.00 bits per heavy atom. The summed E-state index contributed by atoms with van der Waals surface area (Å²) in [6, 6.07) is 8.47. The molecule has 1 aliphatic rings. The van der Waals surface area contributed by atoms with Gasteiger partial charge in [0.15, 0.2) is 5.82 Å². The molecule has 126 valence electrons. The van der Waals surface area contributed by atoms with E-state index in [-0.39, 0.29) is 22.4 Å². The lowest BCUT2D eigenvalue weighted by Gasteiger charge is -2.32. The molecule has 3 rings (SSSR count). The maximum atomic E-state index is 12.3. The van der Waals surface area contributed by atoms with Crippen LogP contribution in [0.4, 0.5) is 17.2 Å². The Balaban J connectivity index is 1.62. The van der Waals surface area contributed by atoms with Crippen molar-refractivity contribution < 1.29 is 9.72 Å². The van der Waals surface area contributed by atoms with Gasteiger partial charge in [-0.1, -0.05) is 12.1 Å². The van der Waals surface area contributed by atoms with Crippen molar-refractivity contribution in [2.45, 2.75) is 12.8 Å². The van der Waals surface area contributed by atoms with E-state index < -0.39 is 0 Å². The van der Waals surface area contributed by atoms with E-state index in [1.807, 2.05) is 4.90 Å². The summed E-state index contributed by atoms with van der Waals surface area (Å²) in [5.74, 6) is 0.394. The van der Waals surface area contributed by atoms with Crippen LogP contribution in [-0.4, -0.2) is 33.7 Å². The van der Waals surface area contributed by atoms with Crippen LogP contribution in [0, 0.1) is 16.0 Å². The van der Waals surface area contributed by atoms with E-state index in [0.717, 1.165) is 0 Å². The molecule has 0 bridgehead atoms. The third kappa shape index (κ3) is 3.37. The van der Waals surface area contributed by atoms with Crippen molar-refractivity contribution in [3.63, 3.8) is 0 Å². The topological polar surface area (TPSA) is 93.3 Å². The Kier molecular flexibility index (Phi) is 4.45. The molecule has 0 atom stereocenters. The number of nitrogens with one attached hydrogen (secondary N) is 1. The van der Waals surface area contributed by atoms with Crippen LogP contribution in [0.2, 0.25) is 0 Å². The summed E-state index contributed by atoms with van der Waals surface area (Å²) >= 11 is 0. The minimum Gasteiger partial charge on any atom is -0.366 e. The number of nitro benzene ring substituents is 1. The number of carbonyl (C=O) groups is 1. The smallest absolute Gasteiger partial charge is 0.292 e. The third-order valence-electron chi connectivity index (χ3n) is 4.25. The summed E-state index contributed by atoms with van der Waals surface area (Å²) in [6.45, 7) is 1.23. The molecule has 1 aromatic heterocycles. The van der Waals surface area contributed by atoms with Gasteiger partial charge in [0.25, 0.3) is 5.69 Å². The first-order valence-electron chi connectivity index (χ1n) is 7.83. The molecule has 0 saturated carbocycles. The molecule has 1 N–H and O–H groups in total. The van der Waals surface area contributed by atoms with Crippen LogP contribution < -0.4 is 10.2 Å². The van der Waals surface area contributed by atoms with Crippen molar-refractivity contribution in [3.8, 4) is 0 Å². The van der Waals surface area contributed by atoms with Crippen LogP contribution in [0.25, 0.3) is 0 Å². The second kappa shape index (κ2) is 6.69. The SMILES string of the molecule is Cn1ccc(NC(=O)C2CCN(c3ccccc3[N+](=O)[O-])CC2)n1. The number of amides is 1. The number of hydrogen-bond donors (Lipinski definition) is 1. The van der Waals surface area contributed by atoms with Gasteiger partial charge in [-0.25, -0.2) is 0 Å². The van der Waals surface area contributed by atoms with Gasteiger partial charge < -0.3 is 10.2 Å². The van der Waals surface area contributed by atoms with Crippen molar-refractivity contribution in [2.75, 3.05) is 23.3 Å². The standard InChI is InChI=1S/C16H19N5O3/c1-19-9-8-15(18-19)17-16(22)12-6-10-20(11-7-12)13-4-2-3-5-14(13)21(23)24/h2-5,8-9,12H,6-7,10-11H2,1H3,(H,17,18,22). The number of benzene rings is 1. The molecule has 24 heavy (non-hydrogen) atoms. The van der Waals surface area contributed by atoms with Crippen LogP contribution in [0.3, 0.4) is 0 Å². The Labute approximate surface area is 139 Å². The first kappa shape index (κ1) is 16.0. The monoisotopic (exact) mass is 329 g/mol. The highest BCUT2D eigenvalue weighted by Gasteiger charge is 2.28. The Morgan fingerprint density at radius 3 is 2.62 bits per heavy atom. The molecule has 0 unspecified atom stereocenters. The average Bonchev–Trinajstić information content (AvgIpc) is 3.00. The van der Waals surface area contributed by atoms with E-state index in [9.17, 15) is 14.9 Å². The van der Waals surface area contributed by atoms with E-state index in [4.69, 9.17) is 0 Å². The number of nitro groups is 1. The van der Waals surface area contributed by atoms with E-state index in [1.165, 1.54) is 6.07 Å². The number of aromatic nitrogens is 2. The minimum atomic E-state index is -0.366. The maximum Gasteiger partial charge on any atom is 0.292 e. The third-order valence-corrected chi connectivity index (χ3v) is 4.25. The van der Waals surface area contributed by atoms with Crippen LogP contribution in [0.1, 0.15) is 12.8 Å². The summed E-state index contributed by atoms with van der Waals surface area (Å²) in [6.07, 6.45) is 3.09. The molecule has 0 aliphatic carbocycles. The van der Waals surface area contributed by atoms with Crippen molar-refractivity contribution in [1.29, 1.82) is 0 Å². The number of aryl methyl sites for hydroxylation is 1. The van der Waals surface area contributed by atoms with Gasteiger partial charge in [0.1, 0.15) is 5.69 Å². The Hall–Kier alpha value is -2.90.